The molecule has 1 aromatic heterocycles. The van der Waals surface area contributed by atoms with Gasteiger partial charge in [-0.15, -0.1) is 11.3 Å². The van der Waals surface area contributed by atoms with Gasteiger partial charge in [0, 0.05) is 17.5 Å². The first kappa shape index (κ1) is 12.1. The summed E-state index contributed by atoms with van der Waals surface area (Å²) >= 11 is 1.86. The van der Waals surface area contributed by atoms with E-state index >= 15 is 0 Å². The SMILES string of the molecule is CCc1ccsc1CNCCC(N)C1CC1. The highest BCUT2D eigenvalue weighted by Crippen LogP contribution is 2.32. The van der Waals surface area contributed by atoms with E-state index in [1.54, 1.807) is 0 Å². The second-order valence-corrected chi connectivity index (χ2v) is 5.69. The third-order valence-corrected chi connectivity index (χ3v) is 4.35. The minimum atomic E-state index is 0.432. The molecule has 0 saturated heterocycles. The van der Waals surface area contributed by atoms with Crippen LogP contribution in [0.3, 0.4) is 0 Å². The maximum absolute atomic E-state index is 6.06. The maximum Gasteiger partial charge on any atom is 0.0302 e. The van der Waals surface area contributed by atoms with E-state index in [-0.39, 0.29) is 0 Å². The number of hydrogen-bond donors (Lipinski definition) is 2. The van der Waals surface area contributed by atoms with Crippen LogP contribution in [0.25, 0.3) is 0 Å². The van der Waals surface area contributed by atoms with Crippen molar-refractivity contribution in [2.24, 2.45) is 11.7 Å². The molecule has 0 aromatic carbocycles. The predicted octanol–water partition coefficient (Wildman–Crippen LogP) is 2.53. The van der Waals surface area contributed by atoms with Gasteiger partial charge in [0.1, 0.15) is 0 Å². The van der Waals surface area contributed by atoms with Crippen molar-refractivity contribution in [2.75, 3.05) is 6.54 Å². The summed E-state index contributed by atoms with van der Waals surface area (Å²) in [5, 5.41) is 5.69. The topological polar surface area (TPSA) is 38.0 Å². The first-order valence-corrected chi connectivity index (χ1v) is 7.20. The highest BCUT2D eigenvalue weighted by Gasteiger charge is 2.27. The molecule has 1 aromatic rings. The average Bonchev–Trinajstić information content (AvgIpc) is 3.04. The minimum absolute atomic E-state index is 0.432. The molecular formula is C13H22N2S. The quantitative estimate of drug-likeness (QED) is 0.716. The molecule has 1 saturated carbocycles. The van der Waals surface area contributed by atoms with E-state index in [9.17, 15) is 0 Å². The van der Waals surface area contributed by atoms with Gasteiger partial charge in [0.15, 0.2) is 0 Å². The van der Waals surface area contributed by atoms with E-state index in [1.165, 1.54) is 23.3 Å². The fraction of sp³-hybridized carbons (Fsp3) is 0.692. The lowest BCUT2D eigenvalue weighted by atomic mass is 10.1. The van der Waals surface area contributed by atoms with Crippen LogP contribution in [-0.4, -0.2) is 12.6 Å². The Morgan fingerprint density at radius 3 is 3.06 bits per heavy atom. The van der Waals surface area contributed by atoms with Gasteiger partial charge in [-0.2, -0.15) is 0 Å². The minimum Gasteiger partial charge on any atom is -0.327 e. The fourth-order valence-corrected chi connectivity index (χ4v) is 3.01. The molecule has 0 amide bonds. The van der Waals surface area contributed by atoms with Gasteiger partial charge in [0.05, 0.1) is 0 Å². The molecule has 1 fully saturated rings. The molecule has 1 aliphatic carbocycles. The van der Waals surface area contributed by atoms with Crippen LogP contribution >= 0.6 is 11.3 Å². The van der Waals surface area contributed by atoms with Crippen molar-refractivity contribution < 1.29 is 0 Å². The lowest BCUT2D eigenvalue weighted by molar-refractivity contribution is 0.518. The molecule has 0 aliphatic heterocycles. The molecular weight excluding hydrogens is 216 g/mol. The van der Waals surface area contributed by atoms with Gasteiger partial charge in [0.25, 0.3) is 0 Å². The highest BCUT2D eigenvalue weighted by molar-refractivity contribution is 7.10. The van der Waals surface area contributed by atoms with Crippen LogP contribution in [0.2, 0.25) is 0 Å². The number of hydrogen-bond acceptors (Lipinski definition) is 3. The Morgan fingerprint density at radius 1 is 1.56 bits per heavy atom. The van der Waals surface area contributed by atoms with Crippen molar-refractivity contribution in [1.29, 1.82) is 0 Å². The fourth-order valence-electron chi connectivity index (χ4n) is 2.07. The van der Waals surface area contributed by atoms with Gasteiger partial charge in [-0.1, -0.05) is 6.92 Å². The molecule has 16 heavy (non-hydrogen) atoms. The summed E-state index contributed by atoms with van der Waals surface area (Å²) < 4.78 is 0. The van der Waals surface area contributed by atoms with Gasteiger partial charge >= 0.3 is 0 Å². The van der Waals surface area contributed by atoms with Crippen LogP contribution in [-0.2, 0) is 13.0 Å². The second kappa shape index (κ2) is 5.80. The molecule has 1 aliphatic rings. The summed E-state index contributed by atoms with van der Waals surface area (Å²) in [5.74, 6) is 0.828. The zero-order valence-corrected chi connectivity index (χ0v) is 10.9. The molecule has 0 spiro atoms. The standard InChI is InChI=1S/C13H22N2S/c1-2-10-6-8-16-13(10)9-15-7-5-12(14)11-3-4-11/h6,8,11-12,15H,2-5,7,9,14H2,1H3. The third-order valence-electron chi connectivity index (χ3n) is 3.39. The molecule has 90 valence electrons. The van der Waals surface area contributed by atoms with E-state index in [0.29, 0.717) is 6.04 Å². The Hall–Kier alpha value is -0.380. The first-order chi connectivity index (χ1) is 7.81. The number of aryl methyl sites for hydroxylation is 1. The van der Waals surface area contributed by atoms with E-state index in [1.807, 2.05) is 11.3 Å². The Bertz CT molecular complexity index is 317. The van der Waals surface area contributed by atoms with E-state index < -0.39 is 0 Å². The maximum atomic E-state index is 6.06. The molecule has 3 N–H and O–H groups in total. The monoisotopic (exact) mass is 238 g/mol. The largest absolute Gasteiger partial charge is 0.327 e. The van der Waals surface area contributed by atoms with Crippen LogP contribution in [0.1, 0.15) is 36.6 Å². The van der Waals surface area contributed by atoms with E-state index in [0.717, 1.165) is 31.8 Å². The Morgan fingerprint density at radius 2 is 2.38 bits per heavy atom. The van der Waals surface area contributed by atoms with Crippen LogP contribution in [0.5, 0.6) is 0 Å². The van der Waals surface area contributed by atoms with Gasteiger partial charge < -0.3 is 11.1 Å². The van der Waals surface area contributed by atoms with E-state index in [2.05, 4.69) is 23.7 Å². The van der Waals surface area contributed by atoms with Crippen LogP contribution in [0.15, 0.2) is 11.4 Å². The third kappa shape index (κ3) is 3.30. The van der Waals surface area contributed by atoms with Crippen molar-refractivity contribution in [3.63, 3.8) is 0 Å². The predicted molar refractivity (Wildman–Crippen MR) is 70.7 cm³/mol. The van der Waals surface area contributed by atoms with Gasteiger partial charge in [-0.25, -0.2) is 0 Å². The summed E-state index contributed by atoms with van der Waals surface area (Å²) in [7, 11) is 0. The lowest BCUT2D eigenvalue weighted by Gasteiger charge is -2.10. The second-order valence-electron chi connectivity index (χ2n) is 4.69. The Labute approximate surface area is 102 Å². The normalized spacial score (nSPS) is 17.6. The molecule has 0 bridgehead atoms. The van der Waals surface area contributed by atoms with Crippen molar-refractivity contribution in [3.8, 4) is 0 Å². The zero-order valence-electron chi connectivity index (χ0n) is 10.0. The molecule has 3 heteroatoms. The number of nitrogens with one attached hydrogen (secondary N) is 1. The summed E-state index contributed by atoms with van der Waals surface area (Å²) in [6.45, 7) is 4.28. The summed E-state index contributed by atoms with van der Waals surface area (Å²) in [4.78, 5) is 1.49. The van der Waals surface area contributed by atoms with E-state index in [4.69, 9.17) is 5.73 Å². The summed E-state index contributed by atoms with van der Waals surface area (Å²) in [5.41, 5.74) is 7.55. The molecule has 1 heterocycles. The van der Waals surface area contributed by atoms with Crippen LogP contribution in [0, 0.1) is 5.92 Å². The lowest BCUT2D eigenvalue weighted by Crippen LogP contribution is -2.28. The first-order valence-electron chi connectivity index (χ1n) is 6.32. The van der Waals surface area contributed by atoms with Crippen molar-refractivity contribution in [2.45, 2.75) is 45.2 Å². The van der Waals surface area contributed by atoms with Gasteiger partial charge in [-0.3, -0.25) is 0 Å². The number of rotatable bonds is 7. The average molecular weight is 238 g/mol. The molecule has 2 nitrogen and oxygen atoms in total. The van der Waals surface area contributed by atoms with Crippen molar-refractivity contribution in [1.82, 2.24) is 5.32 Å². The van der Waals surface area contributed by atoms with Crippen molar-refractivity contribution >= 4 is 11.3 Å². The molecule has 0 radical (unpaired) electrons. The molecule has 1 atom stereocenters. The highest BCUT2D eigenvalue weighted by atomic mass is 32.1. The van der Waals surface area contributed by atoms with Crippen LogP contribution in [0.4, 0.5) is 0 Å². The van der Waals surface area contributed by atoms with Crippen molar-refractivity contribution in [3.05, 3.63) is 21.9 Å². The number of thiophene rings is 1. The Kier molecular flexibility index (Phi) is 4.38. The van der Waals surface area contributed by atoms with Gasteiger partial charge in [0.2, 0.25) is 0 Å². The Balaban J connectivity index is 1.63. The molecule has 1 unspecified atom stereocenters. The summed E-state index contributed by atoms with van der Waals surface area (Å²) in [6.07, 6.45) is 4.97. The summed E-state index contributed by atoms with van der Waals surface area (Å²) in [6, 6.07) is 2.67. The zero-order chi connectivity index (χ0) is 11.4. The van der Waals surface area contributed by atoms with Crippen LogP contribution < -0.4 is 11.1 Å². The number of nitrogens with two attached hydrogens (primary N) is 1. The van der Waals surface area contributed by atoms with Gasteiger partial charge in [-0.05, 0) is 55.2 Å². The molecule has 2 rings (SSSR count). The smallest absolute Gasteiger partial charge is 0.0302 e.